The minimum absolute atomic E-state index is 0.151. The second-order valence-corrected chi connectivity index (χ2v) is 3.85. The molecule has 0 aliphatic heterocycles. The first-order valence-electron chi connectivity index (χ1n) is 5.24. The van der Waals surface area contributed by atoms with Crippen LogP contribution in [0.4, 0.5) is 0 Å². The Morgan fingerprint density at radius 3 is 3.00 bits per heavy atom. The van der Waals surface area contributed by atoms with Crippen LogP contribution in [0, 0.1) is 6.92 Å². The molecule has 1 rings (SSSR count). The molecule has 0 aliphatic carbocycles. The zero-order valence-corrected chi connectivity index (χ0v) is 9.64. The smallest absolute Gasteiger partial charge is 0.140 e. The third kappa shape index (κ3) is 4.27. The number of aryl methyl sites for hydroxylation is 1. The van der Waals surface area contributed by atoms with Crippen molar-refractivity contribution >= 4 is 5.84 Å². The maximum absolute atomic E-state index is 8.43. The van der Waals surface area contributed by atoms with Gasteiger partial charge in [0, 0.05) is 24.7 Å². The summed E-state index contributed by atoms with van der Waals surface area (Å²) < 4.78 is 0. The summed E-state index contributed by atoms with van der Waals surface area (Å²) in [5, 5.41) is 14.6. The summed E-state index contributed by atoms with van der Waals surface area (Å²) in [6.45, 7) is 4.62. The van der Waals surface area contributed by atoms with Crippen molar-refractivity contribution in [3.63, 3.8) is 0 Å². The maximum Gasteiger partial charge on any atom is 0.140 e. The number of rotatable bonds is 5. The highest BCUT2D eigenvalue weighted by Gasteiger charge is 2.04. The van der Waals surface area contributed by atoms with E-state index >= 15 is 0 Å². The van der Waals surface area contributed by atoms with Crippen molar-refractivity contribution in [1.29, 1.82) is 0 Å². The van der Waals surface area contributed by atoms with E-state index in [1.807, 2.05) is 32.0 Å². The first-order chi connectivity index (χ1) is 7.61. The average molecular weight is 222 g/mol. The van der Waals surface area contributed by atoms with Crippen LogP contribution >= 0.6 is 0 Å². The van der Waals surface area contributed by atoms with E-state index in [1.165, 1.54) is 0 Å². The van der Waals surface area contributed by atoms with Crippen molar-refractivity contribution in [3.05, 3.63) is 29.6 Å². The maximum atomic E-state index is 8.43. The van der Waals surface area contributed by atoms with Crippen molar-refractivity contribution in [2.75, 3.05) is 0 Å². The zero-order valence-electron chi connectivity index (χ0n) is 9.64. The molecule has 16 heavy (non-hydrogen) atoms. The van der Waals surface area contributed by atoms with Crippen LogP contribution in [0.2, 0.25) is 0 Å². The van der Waals surface area contributed by atoms with Gasteiger partial charge in [0.25, 0.3) is 0 Å². The molecule has 4 N–H and O–H groups in total. The lowest BCUT2D eigenvalue weighted by atomic mass is 10.2. The van der Waals surface area contributed by atoms with Gasteiger partial charge in [-0.15, -0.1) is 0 Å². The van der Waals surface area contributed by atoms with Crippen LogP contribution in [0.15, 0.2) is 23.4 Å². The van der Waals surface area contributed by atoms with Crippen molar-refractivity contribution in [2.24, 2.45) is 10.9 Å². The van der Waals surface area contributed by atoms with E-state index in [0.717, 1.165) is 11.4 Å². The lowest BCUT2D eigenvalue weighted by Crippen LogP contribution is -2.31. The topological polar surface area (TPSA) is 83.5 Å². The van der Waals surface area contributed by atoms with E-state index in [9.17, 15) is 0 Å². The van der Waals surface area contributed by atoms with Gasteiger partial charge in [0.05, 0.1) is 5.69 Å². The first kappa shape index (κ1) is 12.4. The van der Waals surface area contributed by atoms with Gasteiger partial charge in [0.1, 0.15) is 5.84 Å². The van der Waals surface area contributed by atoms with Gasteiger partial charge < -0.3 is 16.3 Å². The van der Waals surface area contributed by atoms with Gasteiger partial charge in [-0.3, -0.25) is 4.98 Å². The number of nitrogens with zero attached hydrogens (tertiary/aromatic N) is 2. The SMILES string of the molecule is Cc1cccc(CNC(C)CC(N)=NO)n1. The molecule has 0 saturated carbocycles. The molecule has 5 heteroatoms. The number of pyridine rings is 1. The number of aromatic nitrogens is 1. The lowest BCUT2D eigenvalue weighted by molar-refractivity contribution is 0.315. The minimum Gasteiger partial charge on any atom is -0.409 e. The van der Waals surface area contributed by atoms with Crippen LogP contribution in [0.25, 0.3) is 0 Å². The number of oxime groups is 1. The second-order valence-electron chi connectivity index (χ2n) is 3.85. The second kappa shape index (κ2) is 6.07. The average Bonchev–Trinajstić information content (AvgIpc) is 2.26. The Morgan fingerprint density at radius 2 is 2.38 bits per heavy atom. The fourth-order valence-electron chi connectivity index (χ4n) is 1.40. The molecule has 0 amide bonds. The third-order valence-electron chi connectivity index (χ3n) is 2.22. The monoisotopic (exact) mass is 222 g/mol. The lowest BCUT2D eigenvalue weighted by Gasteiger charge is -2.12. The standard InChI is InChI=1S/C11H18N4O/c1-8-4-3-5-10(14-8)7-13-9(2)6-11(12)15-16/h3-5,9,13,16H,6-7H2,1-2H3,(H2,12,15). The molecule has 0 aliphatic rings. The van der Waals surface area contributed by atoms with E-state index in [4.69, 9.17) is 10.9 Å². The molecule has 0 fully saturated rings. The fraction of sp³-hybridized carbons (Fsp3) is 0.455. The van der Waals surface area contributed by atoms with Crippen LogP contribution in [0.5, 0.6) is 0 Å². The molecular formula is C11H18N4O. The molecule has 1 heterocycles. The molecule has 1 aromatic heterocycles. The Morgan fingerprint density at radius 1 is 1.62 bits per heavy atom. The Bertz CT molecular complexity index is 365. The Hall–Kier alpha value is -1.62. The van der Waals surface area contributed by atoms with E-state index in [2.05, 4.69) is 15.5 Å². The summed E-state index contributed by atoms with van der Waals surface area (Å²) in [6.07, 6.45) is 0.516. The highest BCUT2D eigenvalue weighted by molar-refractivity contribution is 5.80. The van der Waals surface area contributed by atoms with Gasteiger partial charge in [-0.05, 0) is 26.0 Å². The minimum atomic E-state index is 0.151. The van der Waals surface area contributed by atoms with Gasteiger partial charge in [-0.1, -0.05) is 11.2 Å². The molecule has 0 aromatic carbocycles. The summed E-state index contributed by atoms with van der Waals surface area (Å²) in [6, 6.07) is 6.06. The van der Waals surface area contributed by atoms with Gasteiger partial charge >= 0.3 is 0 Å². The largest absolute Gasteiger partial charge is 0.409 e. The highest BCUT2D eigenvalue weighted by atomic mass is 16.4. The van der Waals surface area contributed by atoms with Crippen molar-refractivity contribution < 1.29 is 5.21 Å². The highest BCUT2D eigenvalue weighted by Crippen LogP contribution is 1.99. The summed E-state index contributed by atoms with van der Waals surface area (Å²) >= 11 is 0. The van der Waals surface area contributed by atoms with Crippen LogP contribution in [-0.4, -0.2) is 22.1 Å². The molecule has 0 saturated heterocycles. The predicted octanol–water partition coefficient (Wildman–Crippen LogP) is 1.00. The predicted molar refractivity (Wildman–Crippen MR) is 63.3 cm³/mol. The van der Waals surface area contributed by atoms with Gasteiger partial charge in [0.2, 0.25) is 0 Å². The molecule has 88 valence electrons. The molecule has 0 spiro atoms. The quantitative estimate of drug-likeness (QED) is 0.300. The Kier molecular flexibility index (Phi) is 4.72. The molecule has 5 nitrogen and oxygen atoms in total. The molecule has 1 unspecified atom stereocenters. The Labute approximate surface area is 95.4 Å². The third-order valence-corrected chi connectivity index (χ3v) is 2.22. The van der Waals surface area contributed by atoms with Crippen molar-refractivity contribution in [3.8, 4) is 0 Å². The van der Waals surface area contributed by atoms with Crippen molar-refractivity contribution in [2.45, 2.75) is 32.9 Å². The normalized spacial score (nSPS) is 13.8. The van der Waals surface area contributed by atoms with Crippen LogP contribution < -0.4 is 11.1 Å². The molecule has 0 bridgehead atoms. The van der Waals surface area contributed by atoms with Crippen LogP contribution in [0.3, 0.4) is 0 Å². The molecule has 0 radical (unpaired) electrons. The van der Waals surface area contributed by atoms with E-state index in [0.29, 0.717) is 13.0 Å². The van der Waals surface area contributed by atoms with Crippen LogP contribution in [-0.2, 0) is 6.54 Å². The Balaban J connectivity index is 2.40. The summed E-state index contributed by atoms with van der Waals surface area (Å²) in [5.74, 6) is 0.234. The molecular weight excluding hydrogens is 204 g/mol. The number of hydrogen-bond donors (Lipinski definition) is 3. The number of nitrogens with two attached hydrogens (primary N) is 1. The van der Waals surface area contributed by atoms with E-state index in [-0.39, 0.29) is 11.9 Å². The summed E-state index contributed by atoms with van der Waals surface area (Å²) in [4.78, 5) is 4.37. The van der Waals surface area contributed by atoms with E-state index < -0.39 is 0 Å². The number of nitrogens with one attached hydrogen (secondary N) is 1. The van der Waals surface area contributed by atoms with Gasteiger partial charge in [-0.25, -0.2) is 0 Å². The van der Waals surface area contributed by atoms with Gasteiger partial charge in [-0.2, -0.15) is 0 Å². The van der Waals surface area contributed by atoms with Crippen LogP contribution in [0.1, 0.15) is 24.7 Å². The summed E-state index contributed by atoms with van der Waals surface area (Å²) in [5.41, 5.74) is 7.41. The summed E-state index contributed by atoms with van der Waals surface area (Å²) in [7, 11) is 0. The molecule has 1 aromatic rings. The van der Waals surface area contributed by atoms with Gasteiger partial charge in [0.15, 0.2) is 0 Å². The first-order valence-corrected chi connectivity index (χ1v) is 5.24. The number of hydrogen-bond acceptors (Lipinski definition) is 4. The molecule has 1 atom stereocenters. The zero-order chi connectivity index (χ0) is 12.0. The number of amidine groups is 1. The van der Waals surface area contributed by atoms with E-state index in [1.54, 1.807) is 0 Å². The fourth-order valence-corrected chi connectivity index (χ4v) is 1.40. The van der Waals surface area contributed by atoms with Crippen molar-refractivity contribution in [1.82, 2.24) is 10.3 Å².